The van der Waals surface area contributed by atoms with Crippen LogP contribution >= 0.6 is 0 Å². The number of hydrogen-bond acceptors (Lipinski definition) is 5. The summed E-state index contributed by atoms with van der Waals surface area (Å²) >= 11 is 0. The Morgan fingerprint density at radius 3 is 3.00 bits per heavy atom. The highest BCUT2D eigenvalue weighted by Gasteiger charge is 2.31. The first-order chi connectivity index (χ1) is 10.5. The van der Waals surface area contributed by atoms with E-state index in [4.69, 9.17) is 4.74 Å². The van der Waals surface area contributed by atoms with E-state index in [1.807, 2.05) is 0 Å². The minimum absolute atomic E-state index is 0.0535. The molecule has 0 spiro atoms. The molecule has 3 heterocycles. The molecular formula is C15H21FN2O3S. The summed E-state index contributed by atoms with van der Waals surface area (Å²) in [4.78, 5) is 6.16. The zero-order valence-corrected chi connectivity index (χ0v) is 13.3. The van der Waals surface area contributed by atoms with Gasteiger partial charge in [0.15, 0.2) is 15.7 Å². The van der Waals surface area contributed by atoms with Crippen LogP contribution in [0.25, 0.3) is 0 Å². The Morgan fingerprint density at radius 1 is 1.41 bits per heavy atom. The number of piperidine rings is 1. The van der Waals surface area contributed by atoms with E-state index in [-0.39, 0.29) is 17.9 Å². The molecule has 2 aliphatic rings. The van der Waals surface area contributed by atoms with Gasteiger partial charge in [-0.1, -0.05) is 0 Å². The number of aromatic nitrogens is 1. The Bertz CT molecular complexity index is 623. The molecule has 0 aromatic carbocycles. The summed E-state index contributed by atoms with van der Waals surface area (Å²) in [6.45, 7) is 2.43. The lowest BCUT2D eigenvalue weighted by molar-refractivity contribution is 0.0743. The number of hydrogen-bond donors (Lipinski definition) is 0. The van der Waals surface area contributed by atoms with Crippen molar-refractivity contribution in [3.63, 3.8) is 0 Å². The highest BCUT2D eigenvalue weighted by Crippen LogP contribution is 2.23. The number of halogens is 1. The van der Waals surface area contributed by atoms with Gasteiger partial charge in [0.05, 0.1) is 11.5 Å². The van der Waals surface area contributed by atoms with Crippen LogP contribution in [0.2, 0.25) is 0 Å². The fraction of sp³-hybridized carbons (Fsp3) is 0.667. The maximum absolute atomic E-state index is 13.6. The van der Waals surface area contributed by atoms with Crippen molar-refractivity contribution in [3.8, 4) is 5.88 Å². The second-order valence-electron chi connectivity index (χ2n) is 6.20. The maximum atomic E-state index is 13.6. The van der Waals surface area contributed by atoms with E-state index in [9.17, 15) is 12.8 Å². The van der Waals surface area contributed by atoms with Crippen molar-refractivity contribution in [2.45, 2.75) is 25.4 Å². The number of ether oxygens (including phenoxy) is 1. The lowest BCUT2D eigenvalue weighted by Gasteiger charge is -2.33. The quantitative estimate of drug-likeness (QED) is 0.838. The van der Waals surface area contributed by atoms with E-state index in [0.29, 0.717) is 18.1 Å². The Kier molecular flexibility index (Phi) is 4.63. The molecule has 2 fully saturated rings. The van der Waals surface area contributed by atoms with Crippen LogP contribution < -0.4 is 4.74 Å². The van der Waals surface area contributed by atoms with E-state index in [1.165, 1.54) is 18.3 Å². The number of sulfone groups is 1. The molecule has 122 valence electrons. The topological polar surface area (TPSA) is 59.5 Å². The minimum Gasteiger partial charge on any atom is -0.471 e. The van der Waals surface area contributed by atoms with E-state index in [2.05, 4.69) is 9.88 Å². The van der Waals surface area contributed by atoms with Gasteiger partial charge in [-0.05, 0) is 43.9 Å². The molecule has 0 N–H and O–H groups in total. The summed E-state index contributed by atoms with van der Waals surface area (Å²) in [5.74, 6) is 0.434. The van der Waals surface area contributed by atoms with Crippen LogP contribution in [0.1, 0.15) is 19.3 Å². The van der Waals surface area contributed by atoms with Crippen molar-refractivity contribution in [2.75, 3.05) is 31.1 Å². The van der Waals surface area contributed by atoms with Crippen LogP contribution in [0.3, 0.4) is 0 Å². The van der Waals surface area contributed by atoms with Gasteiger partial charge in [-0.3, -0.25) is 4.90 Å². The van der Waals surface area contributed by atoms with Crippen molar-refractivity contribution >= 4 is 9.84 Å². The van der Waals surface area contributed by atoms with Gasteiger partial charge in [-0.15, -0.1) is 0 Å². The summed E-state index contributed by atoms with van der Waals surface area (Å²) in [7, 11) is -2.83. The van der Waals surface area contributed by atoms with Gasteiger partial charge < -0.3 is 4.74 Å². The molecular weight excluding hydrogens is 307 g/mol. The van der Waals surface area contributed by atoms with E-state index < -0.39 is 15.7 Å². The van der Waals surface area contributed by atoms with E-state index in [1.54, 1.807) is 0 Å². The first-order valence-electron chi connectivity index (χ1n) is 7.72. The standard InChI is InChI=1S/C15H21FN2O3S/c16-14-4-1-6-17-15(14)21-13-3-2-7-18(10-13)9-12-5-8-22(19,20)11-12/h1,4,6,12-13H,2-3,5,7-11H2/t12-,13-/m1/s1. The minimum atomic E-state index is -2.83. The van der Waals surface area contributed by atoms with Gasteiger partial charge in [0.2, 0.25) is 0 Å². The normalized spacial score (nSPS) is 28.6. The van der Waals surface area contributed by atoms with Crippen LogP contribution in [0.4, 0.5) is 4.39 Å². The second-order valence-corrected chi connectivity index (χ2v) is 8.43. The lowest BCUT2D eigenvalue weighted by Crippen LogP contribution is -2.43. The largest absolute Gasteiger partial charge is 0.471 e. The Morgan fingerprint density at radius 2 is 2.27 bits per heavy atom. The molecule has 2 aliphatic heterocycles. The van der Waals surface area contributed by atoms with Crippen LogP contribution in [0.5, 0.6) is 5.88 Å². The Balaban J connectivity index is 1.55. The summed E-state index contributed by atoms with van der Waals surface area (Å²) in [5, 5.41) is 0. The van der Waals surface area contributed by atoms with Crippen LogP contribution in [-0.2, 0) is 9.84 Å². The van der Waals surface area contributed by atoms with Crippen molar-refractivity contribution in [2.24, 2.45) is 5.92 Å². The SMILES string of the molecule is O=S1(=O)CC[C@H](CN2CCC[C@@H](Oc3ncccc3F)C2)C1. The maximum Gasteiger partial charge on any atom is 0.250 e. The van der Waals surface area contributed by atoms with Crippen LogP contribution in [-0.4, -0.2) is 55.5 Å². The molecule has 7 heteroatoms. The van der Waals surface area contributed by atoms with Crippen molar-refractivity contribution < 1.29 is 17.5 Å². The third-order valence-corrected chi connectivity index (χ3v) is 6.15. The molecule has 0 amide bonds. The molecule has 1 aromatic heterocycles. The first-order valence-corrected chi connectivity index (χ1v) is 9.54. The zero-order chi connectivity index (χ0) is 15.6. The molecule has 0 bridgehead atoms. The van der Waals surface area contributed by atoms with Gasteiger partial charge in [0.25, 0.3) is 5.88 Å². The second kappa shape index (κ2) is 6.50. The molecule has 1 aromatic rings. The van der Waals surface area contributed by atoms with Crippen molar-refractivity contribution in [1.29, 1.82) is 0 Å². The number of pyridine rings is 1. The fourth-order valence-electron chi connectivity index (χ4n) is 3.27. The smallest absolute Gasteiger partial charge is 0.250 e. The fourth-order valence-corrected chi connectivity index (χ4v) is 5.12. The van der Waals surface area contributed by atoms with Crippen molar-refractivity contribution in [1.82, 2.24) is 9.88 Å². The Hall–Kier alpha value is -1.21. The molecule has 3 rings (SSSR count). The van der Waals surface area contributed by atoms with E-state index in [0.717, 1.165) is 32.4 Å². The number of nitrogens with zero attached hydrogens (tertiary/aromatic N) is 2. The zero-order valence-electron chi connectivity index (χ0n) is 12.4. The Labute approximate surface area is 130 Å². The highest BCUT2D eigenvalue weighted by molar-refractivity contribution is 7.91. The average Bonchev–Trinajstić information content (AvgIpc) is 2.81. The summed E-state index contributed by atoms with van der Waals surface area (Å²) in [5.41, 5.74) is 0. The van der Waals surface area contributed by atoms with Crippen LogP contribution in [0.15, 0.2) is 18.3 Å². The molecule has 5 nitrogen and oxygen atoms in total. The third-order valence-electron chi connectivity index (χ3n) is 4.31. The van der Waals surface area contributed by atoms with Crippen LogP contribution in [0, 0.1) is 11.7 Å². The van der Waals surface area contributed by atoms with Gasteiger partial charge >= 0.3 is 0 Å². The molecule has 0 unspecified atom stereocenters. The van der Waals surface area contributed by atoms with Gasteiger partial charge in [0, 0.05) is 19.3 Å². The lowest BCUT2D eigenvalue weighted by atomic mass is 10.0. The predicted molar refractivity (Wildman–Crippen MR) is 81.0 cm³/mol. The van der Waals surface area contributed by atoms with Gasteiger partial charge in [-0.2, -0.15) is 0 Å². The number of likely N-dealkylation sites (tertiary alicyclic amines) is 1. The molecule has 2 saturated heterocycles. The molecule has 2 atom stereocenters. The average molecular weight is 328 g/mol. The third kappa shape index (κ3) is 3.95. The summed E-state index contributed by atoms with van der Waals surface area (Å²) in [6.07, 6.45) is 4.02. The van der Waals surface area contributed by atoms with Crippen molar-refractivity contribution in [3.05, 3.63) is 24.1 Å². The monoisotopic (exact) mass is 328 g/mol. The molecule has 22 heavy (non-hydrogen) atoms. The predicted octanol–water partition coefficient (Wildman–Crippen LogP) is 1.50. The summed E-state index contributed by atoms with van der Waals surface area (Å²) in [6, 6.07) is 2.88. The molecule has 0 radical (unpaired) electrons. The first kappa shape index (κ1) is 15.7. The number of rotatable bonds is 4. The van der Waals surface area contributed by atoms with E-state index >= 15 is 0 Å². The highest BCUT2D eigenvalue weighted by atomic mass is 32.2. The molecule has 0 saturated carbocycles. The molecule has 0 aliphatic carbocycles. The van der Waals surface area contributed by atoms with Gasteiger partial charge in [0.1, 0.15) is 6.10 Å². The summed E-state index contributed by atoms with van der Waals surface area (Å²) < 4.78 is 42.3. The van der Waals surface area contributed by atoms with Gasteiger partial charge in [-0.25, -0.2) is 17.8 Å².